The van der Waals surface area contributed by atoms with E-state index in [4.69, 9.17) is 0 Å². The number of nitrogens with one attached hydrogen (secondary N) is 1. The van der Waals surface area contributed by atoms with E-state index in [2.05, 4.69) is 10.3 Å². The topological polar surface area (TPSA) is 79.3 Å². The molecule has 2 aromatic heterocycles. The average Bonchev–Trinajstić information content (AvgIpc) is 3.14. The molecule has 1 amide bonds. The molecule has 2 N–H and O–H groups in total. The van der Waals surface area contributed by atoms with Gasteiger partial charge in [0.15, 0.2) is 0 Å². The first kappa shape index (κ1) is 16.6. The van der Waals surface area contributed by atoms with Gasteiger partial charge in [-0.05, 0) is 17.4 Å². The molecule has 0 bridgehead atoms. The molecule has 2 aromatic rings. The zero-order chi connectivity index (χ0) is 16.1. The van der Waals surface area contributed by atoms with Crippen LogP contribution in [0.2, 0.25) is 0 Å². The van der Waals surface area contributed by atoms with Crippen LogP contribution in [0.15, 0.2) is 22.9 Å². The molecular formula is C15H18N2O3S2. The summed E-state index contributed by atoms with van der Waals surface area (Å²) >= 11 is 3.09. The maximum Gasteiger partial charge on any atom is 0.326 e. The van der Waals surface area contributed by atoms with Crippen molar-refractivity contribution in [3.63, 3.8) is 0 Å². The van der Waals surface area contributed by atoms with Crippen LogP contribution < -0.4 is 5.32 Å². The Kier molecular flexibility index (Phi) is 5.68. The zero-order valence-corrected chi connectivity index (χ0v) is 14.0. The molecule has 2 heterocycles. The summed E-state index contributed by atoms with van der Waals surface area (Å²) in [5.41, 5.74) is 0.666. The van der Waals surface area contributed by atoms with Gasteiger partial charge >= 0.3 is 5.97 Å². The number of thiazole rings is 1. The van der Waals surface area contributed by atoms with Gasteiger partial charge in [0.25, 0.3) is 0 Å². The lowest BCUT2D eigenvalue weighted by Gasteiger charge is -2.19. The van der Waals surface area contributed by atoms with Gasteiger partial charge in [-0.25, -0.2) is 9.78 Å². The number of carboxylic acid groups (broad SMARTS) is 1. The molecular weight excluding hydrogens is 320 g/mol. The Morgan fingerprint density at radius 2 is 2.18 bits per heavy atom. The van der Waals surface area contributed by atoms with Crippen molar-refractivity contribution >= 4 is 34.6 Å². The first-order valence-electron chi connectivity index (χ1n) is 7.01. The lowest BCUT2D eigenvalue weighted by atomic mass is 9.99. The molecule has 22 heavy (non-hydrogen) atoms. The van der Waals surface area contributed by atoms with Gasteiger partial charge in [0.05, 0.1) is 17.0 Å². The standard InChI is InChI=1S/C15H18N2O3S2/c1-3-9(2)13(15(19)20)17-12(18)7-10-8-22-14(16-10)11-5-4-6-21-11/h4-6,8-9,13H,3,7H2,1-2H3,(H,17,18)(H,19,20)/t9-,13-/m0/s1. The summed E-state index contributed by atoms with van der Waals surface area (Å²) < 4.78 is 0. The minimum atomic E-state index is -1.000. The molecule has 2 atom stereocenters. The molecule has 0 spiro atoms. The Labute approximate surface area is 137 Å². The number of carboxylic acids is 1. The minimum absolute atomic E-state index is 0.0993. The van der Waals surface area contributed by atoms with Gasteiger partial charge in [0, 0.05) is 5.38 Å². The molecule has 0 aromatic carbocycles. The van der Waals surface area contributed by atoms with E-state index < -0.39 is 12.0 Å². The number of nitrogens with zero attached hydrogens (tertiary/aromatic N) is 1. The Balaban J connectivity index is 1.98. The van der Waals surface area contributed by atoms with Crippen molar-refractivity contribution in [3.05, 3.63) is 28.6 Å². The van der Waals surface area contributed by atoms with Gasteiger partial charge in [-0.1, -0.05) is 26.3 Å². The smallest absolute Gasteiger partial charge is 0.326 e. The number of aliphatic carboxylic acids is 1. The number of thiophene rings is 1. The Morgan fingerprint density at radius 3 is 2.77 bits per heavy atom. The summed E-state index contributed by atoms with van der Waals surface area (Å²) in [6.45, 7) is 3.72. The second-order valence-electron chi connectivity index (χ2n) is 5.07. The first-order chi connectivity index (χ1) is 10.5. The molecule has 0 unspecified atom stereocenters. The van der Waals surface area contributed by atoms with Gasteiger partial charge in [-0.3, -0.25) is 4.79 Å². The van der Waals surface area contributed by atoms with Gasteiger partial charge in [-0.2, -0.15) is 0 Å². The Morgan fingerprint density at radius 1 is 1.41 bits per heavy atom. The first-order valence-corrected chi connectivity index (χ1v) is 8.77. The van der Waals surface area contributed by atoms with Gasteiger partial charge in [-0.15, -0.1) is 22.7 Å². The third kappa shape index (κ3) is 4.14. The third-order valence-corrected chi connectivity index (χ3v) is 5.35. The van der Waals surface area contributed by atoms with Crippen LogP contribution in [0.1, 0.15) is 26.0 Å². The normalized spacial score (nSPS) is 13.5. The number of carbonyl (C=O) groups is 2. The number of rotatable bonds is 7. The fourth-order valence-electron chi connectivity index (χ4n) is 1.97. The molecule has 118 valence electrons. The van der Waals surface area contributed by atoms with E-state index in [1.165, 1.54) is 11.3 Å². The summed E-state index contributed by atoms with van der Waals surface area (Å²) in [4.78, 5) is 28.8. The molecule has 0 saturated carbocycles. The number of aromatic nitrogens is 1. The second kappa shape index (κ2) is 7.51. The summed E-state index contributed by atoms with van der Waals surface area (Å²) in [6.07, 6.45) is 0.790. The average molecular weight is 338 g/mol. The monoisotopic (exact) mass is 338 g/mol. The quantitative estimate of drug-likeness (QED) is 0.813. The van der Waals surface area contributed by atoms with Crippen LogP contribution in [-0.4, -0.2) is 28.0 Å². The molecule has 2 rings (SSSR count). The predicted molar refractivity (Wildman–Crippen MR) is 88.2 cm³/mol. The van der Waals surface area contributed by atoms with Crippen molar-refractivity contribution < 1.29 is 14.7 Å². The summed E-state index contributed by atoms with van der Waals surface area (Å²) in [5, 5.41) is 16.5. The highest BCUT2D eigenvalue weighted by molar-refractivity contribution is 7.20. The van der Waals surface area contributed by atoms with Crippen LogP contribution in [0.4, 0.5) is 0 Å². The van der Waals surface area contributed by atoms with Crippen molar-refractivity contribution in [3.8, 4) is 9.88 Å². The second-order valence-corrected chi connectivity index (χ2v) is 6.87. The van der Waals surface area contributed by atoms with Crippen LogP contribution in [0.25, 0.3) is 9.88 Å². The molecule has 0 aliphatic rings. The van der Waals surface area contributed by atoms with Crippen molar-refractivity contribution in [2.24, 2.45) is 5.92 Å². The van der Waals surface area contributed by atoms with Crippen LogP contribution in [0.3, 0.4) is 0 Å². The predicted octanol–water partition coefficient (Wildman–Crippen LogP) is 3.03. The lowest BCUT2D eigenvalue weighted by molar-refractivity contribution is -0.143. The highest BCUT2D eigenvalue weighted by Gasteiger charge is 2.25. The van der Waals surface area contributed by atoms with Crippen molar-refractivity contribution in [2.45, 2.75) is 32.7 Å². The number of amides is 1. The van der Waals surface area contributed by atoms with Gasteiger partial charge < -0.3 is 10.4 Å². The van der Waals surface area contributed by atoms with E-state index in [-0.39, 0.29) is 18.2 Å². The third-order valence-electron chi connectivity index (χ3n) is 3.42. The van der Waals surface area contributed by atoms with Crippen molar-refractivity contribution in [2.75, 3.05) is 0 Å². The van der Waals surface area contributed by atoms with E-state index in [9.17, 15) is 14.7 Å². The number of hydrogen-bond donors (Lipinski definition) is 2. The van der Waals surface area contributed by atoms with Crippen LogP contribution in [0.5, 0.6) is 0 Å². The van der Waals surface area contributed by atoms with Crippen molar-refractivity contribution in [1.29, 1.82) is 0 Å². The van der Waals surface area contributed by atoms with Crippen LogP contribution in [-0.2, 0) is 16.0 Å². The number of hydrogen-bond acceptors (Lipinski definition) is 5. The fraction of sp³-hybridized carbons (Fsp3) is 0.400. The molecule has 0 aliphatic heterocycles. The SMILES string of the molecule is CC[C@H](C)[C@H](NC(=O)Cc1csc(-c2cccs2)n1)C(=O)O. The molecule has 5 nitrogen and oxygen atoms in total. The lowest BCUT2D eigenvalue weighted by Crippen LogP contribution is -2.45. The molecule has 0 aliphatic carbocycles. The summed E-state index contributed by atoms with van der Waals surface area (Å²) in [7, 11) is 0. The van der Waals surface area contributed by atoms with E-state index in [0.717, 1.165) is 9.88 Å². The van der Waals surface area contributed by atoms with Gasteiger partial charge in [0.1, 0.15) is 11.0 Å². The van der Waals surface area contributed by atoms with Crippen LogP contribution >= 0.6 is 22.7 Å². The Bertz CT molecular complexity index is 637. The highest BCUT2D eigenvalue weighted by Crippen LogP contribution is 2.27. The molecule has 0 fully saturated rings. The maximum atomic E-state index is 12.0. The highest BCUT2D eigenvalue weighted by atomic mass is 32.1. The molecule has 7 heteroatoms. The molecule has 0 saturated heterocycles. The van der Waals surface area contributed by atoms with E-state index >= 15 is 0 Å². The van der Waals surface area contributed by atoms with E-state index in [0.29, 0.717) is 12.1 Å². The zero-order valence-electron chi connectivity index (χ0n) is 12.4. The maximum absolute atomic E-state index is 12.0. The largest absolute Gasteiger partial charge is 0.480 e. The van der Waals surface area contributed by atoms with E-state index in [1.54, 1.807) is 11.3 Å². The minimum Gasteiger partial charge on any atom is -0.480 e. The molecule has 0 radical (unpaired) electrons. The van der Waals surface area contributed by atoms with E-state index in [1.807, 2.05) is 36.7 Å². The summed E-state index contributed by atoms with van der Waals surface area (Å²) in [5.74, 6) is -1.42. The fourth-order valence-corrected chi connectivity index (χ4v) is 3.61. The van der Waals surface area contributed by atoms with Gasteiger partial charge in [0.2, 0.25) is 5.91 Å². The van der Waals surface area contributed by atoms with Crippen LogP contribution in [0, 0.1) is 5.92 Å². The Hall–Kier alpha value is -1.73. The number of carbonyl (C=O) groups excluding carboxylic acids is 1. The van der Waals surface area contributed by atoms with Crippen molar-refractivity contribution in [1.82, 2.24) is 10.3 Å². The summed E-state index contributed by atoms with van der Waals surface area (Å²) in [6, 6.07) is 3.08.